The molecule has 0 unspecified atom stereocenters. The van der Waals surface area contributed by atoms with Gasteiger partial charge in [-0.1, -0.05) is 19.1 Å². The fourth-order valence-electron chi connectivity index (χ4n) is 3.21. The second-order valence-corrected chi connectivity index (χ2v) is 7.99. The molecule has 0 saturated carbocycles. The second-order valence-electron chi connectivity index (χ2n) is 7.13. The molecular formula is C20H27N3O2S. The molecule has 6 heteroatoms. The quantitative estimate of drug-likeness (QED) is 0.835. The molecule has 0 aliphatic carbocycles. The van der Waals surface area contributed by atoms with Gasteiger partial charge >= 0.3 is 0 Å². The zero-order chi connectivity index (χ0) is 18.5. The number of aryl methyl sites for hydroxylation is 1. The maximum Gasteiger partial charge on any atom is 0.230 e. The summed E-state index contributed by atoms with van der Waals surface area (Å²) in [6.07, 6.45) is 2.83. The summed E-state index contributed by atoms with van der Waals surface area (Å²) in [5.41, 5.74) is 3.04. The van der Waals surface area contributed by atoms with Crippen molar-refractivity contribution in [1.82, 2.24) is 9.88 Å². The number of thiazole rings is 1. The Morgan fingerprint density at radius 2 is 2.15 bits per heavy atom. The van der Waals surface area contributed by atoms with Crippen molar-refractivity contribution < 1.29 is 9.53 Å². The molecule has 140 valence electrons. The first kappa shape index (κ1) is 18.9. The van der Waals surface area contributed by atoms with Crippen LogP contribution in [0, 0.1) is 12.8 Å². The van der Waals surface area contributed by atoms with Gasteiger partial charge in [-0.15, -0.1) is 11.3 Å². The van der Waals surface area contributed by atoms with Gasteiger partial charge in [0.05, 0.1) is 19.2 Å². The van der Waals surface area contributed by atoms with Crippen LogP contribution in [-0.4, -0.2) is 36.0 Å². The molecule has 1 saturated heterocycles. The smallest absolute Gasteiger partial charge is 0.230 e. The van der Waals surface area contributed by atoms with E-state index in [0.29, 0.717) is 11.6 Å². The lowest BCUT2D eigenvalue weighted by Crippen LogP contribution is -2.32. The Balaban J connectivity index is 1.52. The highest BCUT2D eigenvalue weighted by molar-refractivity contribution is 7.13. The van der Waals surface area contributed by atoms with Gasteiger partial charge in [-0.2, -0.15) is 0 Å². The third-order valence-corrected chi connectivity index (χ3v) is 5.70. The van der Waals surface area contributed by atoms with Crippen molar-refractivity contribution in [2.75, 3.05) is 25.5 Å². The molecule has 2 aromatic rings. The first-order valence-corrected chi connectivity index (χ1v) is 10.0. The Kier molecular flexibility index (Phi) is 6.27. The van der Waals surface area contributed by atoms with Crippen LogP contribution in [0.3, 0.4) is 0 Å². The summed E-state index contributed by atoms with van der Waals surface area (Å²) in [6, 6.07) is 5.85. The summed E-state index contributed by atoms with van der Waals surface area (Å²) >= 11 is 1.49. The third kappa shape index (κ3) is 5.05. The number of carbonyl (C=O) groups excluding carboxylic acids is 1. The number of anilines is 1. The number of piperidine rings is 1. The third-order valence-electron chi connectivity index (χ3n) is 4.90. The van der Waals surface area contributed by atoms with Crippen molar-refractivity contribution >= 4 is 22.4 Å². The number of benzene rings is 1. The molecule has 0 atom stereocenters. The number of rotatable bonds is 6. The molecule has 26 heavy (non-hydrogen) atoms. The zero-order valence-corrected chi connectivity index (χ0v) is 16.6. The molecular weight excluding hydrogens is 346 g/mol. The molecule has 0 bridgehead atoms. The second kappa shape index (κ2) is 8.64. The van der Waals surface area contributed by atoms with E-state index < -0.39 is 0 Å². The average molecular weight is 374 g/mol. The maximum absolute atomic E-state index is 12.3. The summed E-state index contributed by atoms with van der Waals surface area (Å²) < 4.78 is 5.32. The number of ether oxygens (including phenoxy) is 1. The van der Waals surface area contributed by atoms with Crippen LogP contribution in [0.5, 0.6) is 5.75 Å². The first-order chi connectivity index (χ1) is 12.5. The summed E-state index contributed by atoms with van der Waals surface area (Å²) in [4.78, 5) is 19.3. The molecule has 1 fully saturated rings. The van der Waals surface area contributed by atoms with Crippen molar-refractivity contribution in [3.05, 3.63) is 40.4 Å². The molecule has 1 aromatic carbocycles. The Bertz CT molecular complexity index is 751. The number of nitrogens with zero attached hydrogens (tertiary/aromatic N) is 2. The van der Waals surface area contributed by atoms with Crippen molar-refractivity contribution in [1.29, 1.82) is 0 Å². The zero-order valence-electron chi connectivity index (χ0n) is 15.7. The number of hydrogen-bond acceptors (Lipinski definition) is 5. The van der Waals surface area contributed by atoms with Crippen LogP contribution in [0.25, 0.3) is 0 Å². The number of aromatic nitrogens is 1. The van der Waals surface area contributed by atoms with E-state index >= 15 is 0 Å². The lowest BCUT2D eigenvalue weighted by molar-refractivity contribution is -0.115. The fourth-order valence-corrected chi connectivity index (χ4v) is 3.93. The number of carbonyl (C=O) groups is 1. The maximum atomic E-state index is 12.3. The highest BCUT2D eigenvalue weighted by Gasteiger charge is 2.17. The van der Waals surface area contributed by atoms with Gasteiger partial charge in [0.1, 0.15) is 5.75 Å². The Morgan fingerprint density at radius 3 is 2.88 bits per heavy atom. The molecule has 1 amide bonds. The SMILES string of the molecule is COc1cc(CC(=O)Nc2nc(CN3CCC(C)CC3)cs2)ccc1C. The minimum absolute atomic E-state index is 0.0522. The lowest BCUT2D eigenvalue weighted by atomic mass is 9.99. The predicted molar refractivity (Wildman–Crippen MR) is 106 cm³/mol. The summed E-state index contributed by atoms with van der Waals surface area (Å²) in [7, 11) is 1.65. The van der Waals surface area contributed by atoms with Crippen LogP contribution in [0.4, 0.5) is 5.13 Å². The van der Waals surface area contributed by atoms with Crippen molar-refractivity contribution in [2.24, 2.45) is 5.92 Å². The molecule has 1 aromatic heterocycles. The van der Waals surface area contributed by atoms with E-state index in [4.69, 9.17) is 4.74 Å². The first-order valence-electron chi connectivity index (χ1n) is 9.13. The number of amides is 1. The molecule has 0 radical (unpaired) electrons. The van der Waals surface area contributed by atoms with E-state index in [-0.39, 0.29) is 5.91 Å². The summed E-state index contributed by atoms with van der Waals surface area (Å²) in [6.45, 7) is 7.44. The molecule has 5 nitrogen and oxygen atoms in total. The minimum Gasteiger partial charge on any atom is -0.496 e. The van der Waals surface area contributed by atoms with Gasteiger partial charge in [-0.25, -0.2) is 4.98 Å². The molecule has 1 aliphatic rings. The molecule has 0 spiro atoms. The highest BCUT2D eigenvalue weighted by atomic mass is 32.1. The van der Waals surface area contributed by atoms with Crippen LogP contribution >= 0.6 is 11.3 Å². The van der Waals surface area contributed by atoms with Crippen LogP contribution in [0.2, 0.25) is 0 Å². The lowest BCUT2D eigenvalue weighted by Gasteiger charge is -2.29. The topological polar surface area (TPSA) is 54.5 Å². The number of likely N-dealkylation sites (tertiary alicyclic amines) is 1. The molecule has 1 N–H and O–H groups in total. The Morgan fingerprint density at radius 1 is 1.38 bits per heavy atom. The minimum atomic E-state index is -0.0522. The van der Waals surface area contributed by atoms with Crippen molar-refractivity contribution in [3.63, 3.8) is 0 Å². The Labute approximate surface area is 159 Å². The van der Waals surface area contributed by atoms with Gasteiger partial charge in [-0.3, -0.25) is 9.69 Å². The summed E-state index contributed by atoms with van der Waals surface area (Å²) in [5.74, 6) is 1.59. The standard InChI is InChI=1S/C20H27N3O2S/c1-14-6-8-23(9-7-14)12-17-13-26-20(21-17)22-19(24)11-16-5-4-15(2)18(10-16)25-3/h4-5,10,13-14H,6-9,11-12H2,1-3H3,(H,21,22,24). The van der Waals surface area contributed by atoms with E-state index in [1.165, 1.54) is 24.2 Å². The Hall–Kier alpha value is -1.92. The van der Waals surface area contributed by atoms with Gasteiger partial charge in [0, 0.05) is 11.9 Å². The number of hydrogen-bond donors (Lipinski definition) is 1. The largest absolute Gasteiger partial charge is 0.496 e. The summed E-state index contributed by atoms with van der Waals surface area (Å²) in [5, 5.41) is 5.64. The van der Waals surface area contributed by atoms with Gasteiger partial charge in [0.25, 0.3) is 0 Å². The monoisotopic (exact) mass is 373 g/mol. The average Bonchev–Trinajstić information content (AvgIpc) is 3.05. The van der Waals surface area contributed by atoms with E-state index in [2.05, 4.69) is 22.1 Å². The predicted octanol–water partition coefficient (Wildman–Crippen LogP) is 3.87. The van der Waals surface area contributed by atoms with Gasteiger partial charge in [-0.05, 0) is 56.0 Å². The number of methoxy groups -OCH3 is 1. The van der Waals surface area contributed by atoms with E-state index in [9.17, 15) is 4.79 Å². The van der Waals surface area contributed by atoms with Crippen LogP contribution < -0.4 is 10.1 Å². The van der Waals surface area contributed by atoms with E-state index in [1.54, 1.807) is 7.11 Å². The number of nitrogens with one attached hydrogen (secondary N) is 1. The van der Waals surface area contributed by atoms with Gasteiger partial charge in [0.15, 0.2) is 5.13 Å². The normalized spacial score (nSPS) is 15.8. The fraction of sp³-hybridized carbons (Fsp3) is 0.500. The van der Waals surface area contributed by atoms with Crippen LogP contribution in [0.15, 0.2) is 23.6 Å². The van der Waals surface area contributed by atoms with Crippen LogP contribution in [0.1, 0.15) is 36.6 Å². The van der Waals surface area contributed by atoms with E-state index in [0.717, 1.165) is 48.1 Å². The molecule has 1 aliphatic heterocycles. The molecule has 3 rings (SSSR count). The highest BCUT2D eigenvalue weighted by Crippen LogP contribution is 2.22. The van der Waals surface area contributed by atoms with Gasteiger partial charge in [0.2, 0.25) is 5.91 Å². The van der Waals surface area contributed by atoms with E-state index in [1.807, 2.05) is 30.5 Å². The van der Waals surface area contributed by atoms with Gasteiger partial charge < -0.3 is 10.1 Å². The molecule has 2 heterocycles. The van der Waals surface area contributed by atoms with Crippen LogP contribution in [-0.2, 0) is 17.8 Å². The van der Waals surface area contributed by atoms with Crippen molar-refractivity contribution in [3.8, 4) is 5.75 Å². The van der Waals surface area contributed by atoms with Crippen molar-refractivity contribution in [2.45, 2.75) is 39.7 Å².